The van der Waals surface area contributed by atoms with E-state index in [2.05, 4.69) is 16.0 Å². The maximum Gasteiger partial charge on any atom is 0.315 e. The second-order valence-corrected chi connectivity index (χ2v) is 9.91. The van der Waals surface area contributed by atoms with Gasteiger partial charge in [-0.1, -0.05) is 19.1 Å². The highest BCUT2D eigenvalue weighted by molar-refractivity contribution is 7.89. The summed E-state index contributed by atoms with van der Waals surface area (Å²) < 4.78 is 26.9. The van der Waals surface area contributed by atoms with E-state index in [0.717, 1.165) is 34.1 Å². The zero-order valence-electron chi connectivity index (χ0n) is 21.0. The van der Waals surface area contributed by atoms with Gasteiger partial charge in [-0.05, 0) is 43.2 Å². The molecule has 0 fully saturated rings. The average Bonchev–Trinajstić information content (AvgIpc) is 2.87. The van der Waals surface area contributed by atoms with E-state index in [1.165, 1.54) is 0 Å². The molecule has 6 N–H and O–H groups in total. The molecule has 0 saturated heterocycles. The first-order valence-electron chi connectivity index (χ1n) is 11.4. The lowest BCUT2D eigenvalue weighted by atomic mass is 10.2. The number of carboxylic acid groups (broad SMARTS) is 1. The first kappa shape index (κ1) is 31.8. The zero-order chi connectivity index (χ0) is 28.7. The minimum atomic E-state index is -4.04. The van der Waals surface area contributed by atoms with Gasteiger partial charge in [0.1, 0.15) is 0 Å². The molecular weight excluding hydrogens is 520 g/mol. The topological polar surface area (TPSA) is 214 Å². The molecule has 0 aliphatic heterocycles. The van der Waals surface area contributed by atoms with Crippen molar-refractivity contribution in [3.8, 4) is 0 Å². The number of rotatable bonds is 12. The van der Waals surface area contributed by atoms with Gasteiger partial charge < -0.3 is 26.8 Å². The van der Waals surface area contributed by atoms with Crippen molar-refractivity contribution >= 4 is 39.8 Å². The van der Waals surface area contributed by atoms with Crippen LogP contribution in [-0.4, -0.2) is 66.8 Å². The number of nitro benzene ring substituents is 1. The molecule has 0 aliphatic rings. The number of nitrogen functional groups attached to an aromatic ring is 1. The van der Waals surface area contributed by atoms with Gasteiger partial charge in [-0.2, -0.15) is 4.31 Å². The summed E-state index contributed by atoms with van der Waals surface area (Å²) in [7, 11) is -4.04. The quantitative estimate of drug-likeness (QED) is 0.111. The number of hydrogen-bond donors (Lipinski definition) is 5. The van der Waals surface area contributed by atoms with Crippen molar-refractivity contribution in [3.63, 3.8) is 0 Å². The van der Waals surface area contributed by atoms with Crippen LogP contribution in [0.5, 0.6) is 0 Å². The third kappa shape index (κ3) is 10.8. The summed E-state index contributed by atoms with van der Waals surface area (Å²) in [6.07, 6.45) is 0.463. The molecule has 3 amide bonds. The Labute approximate surface area is 220 Å². The molecule has 0 aromatic heterocycles. The SMILES string of the molecule is CCCN(CC(=O)NC(C)CNC(=O)NCc1ccc(N)cc1)S(=O)(=O)c1ccc([N+](=O)[O-])cc1.O=CO. The molecular formula is C23H32N6O8S. The number of hydrogen-bond acceptors (Lipinski definition) is 8. The van der Waals surface area contributed by atoms with Crippen LogP contribution in [-0.2, 0) is 26.2 Å². The lowest BCUT2D eigenvalue weighted by molar-refractivity contribution is -0.384. The molecule has 0 spiro atoms. The second-order valence-electron chi connectivity index (χ2n) is 7.97. The lowest BCUT2D eigenvalue weighted by Gasteiger charge is -2.22. The van der Waals surface area contributed by atoms with Gasteiger partial charge in [-0.25, -0.2) is 13.2 Å². The number of nitrogens with zero attached hydrogens (tertiary/aromatic N) is 2. The molecule has 2 aromatic carbocycles. The Balaban J connectivity index is 0.00000229. The van der Waals surface area contributed by atoms with Gasteiger partial charge in [-0.15, -0.1) is 0 Å². The first-order valence-corrected chi connectivity index (χ1v) is 12.9. The number of benzene rings is 2. The molecule has 0 saturated carbocycles. The van der Waals surface area contributed by atoms with Gasteiger partial charge in [0.2, 0.25) is 15.9 Å². The average molecular weight is 553 g/mol. The summed E-state index contributed by atoms with van der Waals surface area (Å²) in [6, 6.07) is 10.7. The fourth-order valence-corrected chi connectivity index (χ4v) is 4.57. The molecule has 208 valence electrons. The van der Waals surface area contributed by atoms with E-state index in [-0.39, 0.29) is 30.1 Å². The fourth-order valence-electron chi connectivity index (χ4n) is 3.08. The van der Waals surface area contributed by atoms with Crippen LogP contribution >= 0.6 is 0 Å². The van der Waals surface area contributed by atoms with E-state index in [1.807, 2.05) is 0 Å². The van der Waals surface area contributed by atoms with E-state index < -0.39 is 39.5 Å². The van der Waals surface area contributed by atoms with Crippen molar-refractivity contribution < 1.29 is 32.8 Å². The van der Waals surface area contributed by atoms with Gasteiger partial charge in [0.15, 0.2) is 0 Å². The molecule has 0 heterocycles. The zero-order valence-corrected chi connectivity index (χ0v) is 21.8. The largest absolute Gasteiger partial charge is 0.483 e. The monoisotopic (exact) mass is 552 g/mol. The van der Waals surface area contributed by atoms with Crippen molar-refractivity contribution in [2.75, 3.05) is 25.4 Å². The second kappa shape index (κ2) is 15.8. The Kier molecular flexibility index (Phi) is 13.2. The number of nitrogens with one attached hydrogen (secondary N) is 3. The van der Waals surface area contributed by atoms with E-state index in [4.69, 9.17) is 15.6 Å². The number of sulfonamides is 1. The lowest BCUT2D eigenvalue weighted by Crippen LogP contribution is -2.48. The third-order valence-electron chi connectivity index (χ3n) is 4.89. The van der Waals surface area contributed by atoms with E-state index in [9.17, 15) is 28.1 Å². The van der Waals surface area contributed by atoms with Crippen LogP contribution in [0.2, 0.25) is 0 Å². The standard InChI is InChI=1S/C22H30N6O6S.CH2O2/c1-3-12-27(35(33,34)20-10-8-19(9-11-20)28(31)32)15-21(29)26-16(2)13-24-22(30)25-14-17-4-6-18(23)7-5-17;2-1-3/h4-11,16H,3,12-15,23H2,1-2H3,(H,26,29)(H2,24,25,30);1H,(H,2,3). The van der Waals surface area contributed by atoms with Gasteiger partial charge >= 0.3 is 6.03 Å². The number of non-ortho nitro benzene ring substituents is 1. The Hall–Kier alpha value is -4.24. The molecule has 2 rings (SSSR count). The van der Waals surface area contributed by atoms with Gasteiger partial charge in [-0.3, -0.25) is 19.7 Å². The smallest absolute Gasteiger partial charge is 0.315 e. The minimum absolute atomic E-state index is 0.0902. The van der Waals surface area contributed by atoms with Gasteiger partial charge in [0.25, 0.3) is 12.2 Å². The predicted octanol–water partition coefficient (Wildman–Crippen LogP) is 1.28. The maximum absolute atomic E-state index is 13.0. The van der Waals surface area contributed by atoms with E-state index in [1.54, 1.807) is 38.1 Å². The Bertz CT molecular complexity index is 1170. The highest BCUT2D eigenvalue weighted by Gasteiger charge is 2.27. The number of urea groups is 1. The van der Waals surface area contributed by atoms with Crippen molar-refractivity contribution in [1.29, 1.82) is 0 Å². The molecule has 0 aliphatic carbocycles. The molecule has 38 heavy (non-hydrogen) atoms. The highest BCUT2D eigenvalue weighted by Crippen LogP contribution is 2.19. The summed E-state index contributed by atoms with van der Waals surface area (Å²) in [5, 5.41) is 25.7. The molecule has 1 unspecified atom stereocenters. The van der Waals surface area contributed by atoms with Crippen LogP contribution in [0.3, 0.4) is 0 Å². The highest BCUT2D eigenvalue weighted by atomic mass is 32.2. The fraction of sp³-hybridized carbons (Fsp3) is 0.348. The summed E-state index contributed by atoms with van der Waals surface area (Å²) in [5.74, 6) is -0.541. The van der Waals surface area contributed by atoms with Crippen molar-refractivity contribution in [3.05, 3.63) is 64.2 Å². The minimum Gasteiger partial charge on any atom is -0.483 e. The number of anilines is 1. The molecule has 0 radical (unpaired) electrons. The van der Waals surface area contributed by atoms with Crippen LogP contribution in [0.15, 0.2) is 53.4 Å². The summed E-state index contributed by atoms with van der Waals surface area (Å²) >= 11 is 0. The van der Waals surface area contributed by atoms with Crippen molar-refractivity contribution in [1.82, 2.24) is 20.3 Å². The Morgan fingerprint density at radius 2 is 1.71 bits per heavy atom. The molecule has 0 bridgehead atoms. The van der Waals surface area contributed by atoms with Crippen LogP contribution in [0.4, 0.5) is 16.2 Å². The number of nitro groups is 1. The number of carbonyl (C=O) groups is 3. The number of amides is 3. The summed E-state index contributed by atoms with van der Waals surface area (Å²) in [4.78, 5) is 42.9. The predicted molar refractivity (Wildman–Crippen MR) is 140 cm³/mol. The molecule has 14 nitrogen and oxygen atoms in total. The van der Waals surface area contributed by atoms with Crippen LogP contribution in [0.1, 0.15) is 25.8 Å². The van der Waals surface area contributed by atoms with Crippen molar-refractivity contribution in [2.24, 2.45) is 0 Å². The molecule has 2 aromatic rings. The Morgan fingerprint density at radius 1 is 1.13 bits per heavy atom. The summed E-state index contributed by atoms with van der Waals surface area (Å²) in [5.41, 5.74) is 6.89. The normalized spacial score (nSPS) is 11.4. The van der Waals surface area contributed by atoms with Crippen LogP contribution in [0, 0.1) is 10.1 Å². The van der Waals surface area contributed by atoms with Gasteiger partial charge in [0.05, 0.1) is 16.4 Å². The number of carbonyl (C=O) groups excluding carboxylic acids is 2. The molecule has 15 heteroatoms. The van der Waals surface area contributed by atoms with Crippen molar-refractivity contribution in [2.45, 2.75) is 37.8 Å². The Morgan fingerprint density at radius 3 is 2.24 bits per heavy atom. The third-order valence-corrected chi connectivity index (χ3v) is 6.75. The maximum atomic E-state index is 13.0. The number of nitrogens with two attached hydrogens (primary N) is 1. The molecule has 1 atom stereocenters. The van der Waals surface area contributed by atoms with Crippen LogP contribution in [0.25, 0.3) is 0 Å². The van der Waals surface area contributed by atoms with E-state index >= 15 is 0 Å². The van der Waals surface area contributed by atoms with E-state index in [0.29, 0.717) is 18.7 Å². The summed E-state index contributed by atoms with van der Waals surface area (Å²) in [6.45, 7) is 3.29. The van der Waals surface area contributed by atoms with Crippen LogP contribution < -0.4 is 21.7 Å². The first-order chi connectivity index (χ1) is 17.9. The van der Waals surface area contributed by atoms with Gasteiger partial charge in [0, 0.05) is 43.5 Å².